The molecule has 0 radical (unpaired) electrons. The summed E-state index contributed by atoms with van der Waals surface area (Å²) in [4.78, 5) is 4.44. The van der Waals surface area contributed by atoms with Gasteiger partial charge in [-0.05, 0) is 22.9 Å². The number of nitrogens with zero attached hydrogens (tertiary/aromatic N) is 5. The predicted octanol–water partition coefficient (Wildman–Crippen LogP) is 2.90. The first-order chi connectivity index (χ1) is 14.1. The van der Waals surface area contributed by atoms with E-state index in [9.17, 15) is 9.50 Å². The van der Waals surface area contributed by atoms with Gasteiger partial charge in [0, 0.05) is 28.1 Å². The van der Waals surface area contributed by atoms with Gasteiger partial charge in [0.2, 0.25) is 5.82 Å². The summed E-state index contributed by atoms with van der Waals surface area (Å²) in [7, 11) is 0. The number of aromatic nitrogens is 7. The zero-order valence-electron chi connectivity index (χ0n) is 14.8. The van der Waals surface area contributed by atoms with E-state index in [1.165, 1.54) is 12.1 Å². The fourth-order valence-electron chi connectivity index (χ4n) is 3.27. The number of pyridine rings is 1. The molecule has 142 valence electrons. The zero-order valence-corrected chi connectivity index (χ0v) is 14.8. The van der Waals surface area contributed by atoms with Crippen LogP contribution in [-0.4, -0.2) is 40.9 Å². The molecule has 0 saturated heterocycles. The van der Waals surface area contributed by atoms with Crippen molar-refractivity contribution in [2.75, 3.05) is 5.73 Å². The predicted molar refractivity (Wildman–Crippen MR) is 104 cm³/mol. The maximum Gasteiger partial charge on any atom is 0.204 e. The van der Waals surface area contributed by atoms with Crippen LogP contribution in [0.15, 0.2) is 48.7 Å². The number of phenolic OH excluding ortho intramolecular Hbond substituents is 1. The summed E-state index contributed by atoms with van der Waals surface area (Å²) >= 11 is 0. The third kappa shape index (κ3) is 2.74. The van der Waals surface area contributed by atoms with Crippen molar-refractivity contribution in [3.63, 3.8) is 0 Å². The highest BCUT2D eigenvalue weighted by molar-refractivity contribution is 6.03. The minimum absolute atomic E-state index is 0.176. The number of aromatic amines is 2. The van der Waals surface area contributed by atoms with E-state index in [1.54, 1.807) is 6.20 Å². The number of tetrazole rings is 1. The van der Waals surface area contributed by atoms with E-state index in [1.807, 2.05) is 24.3 Å². The molecule has 5 N–H and O–H groups in total. The molecule has 0 saturated carbocycles. The van der Waals surface area contributed by atoms with Crippen LogP contribution in [0.1, 0.15) is 0 Å². The first-order valence-corrected chi connectivity index (χ1v) is 8.57. The molecule has 3 aromatic heterocycles. The molecule has 5 aromatic rings. The number of rotatable bonds is 3. The monoisotopic (exact) mass is 388 g/mol. The fraction of sp³-hybridized carbons (Fsp3) is 0. The summed E-state index contributed by atoms with van der Waals surface area (Å²) in [6.07, 6.45) is 1.62. The van der Waals surface area contributed by atoms with Gasteiger partial charge in [0.15, 0.2) is 5.65 Å². The first-order valence-electron chi connectivity index (χ1n) is 8.57. The zero-order chi connectivity index (χ0) is 20.0. The van der Waals surface area contributed by atoms with Gasteiger partial charge in [-0.15, -0.1) is 10.2 Å². The molecule has 10 heteroatoms. The Balaban J connectivity index is 1.71. The summed E-state index contributed by atoms with van der Waals surface area (Å²) in [6.45, 7) is 0. The van der Waals surface area contributed by atoms with Crippen LogP contribution < -0.4 is 5.73 Å². The van der Waals surface area contributed by atoms with Gasteiger partial charge in [0.25, 0.3) is 0 Å². The molecule has 9 nitrogen and oxygen atoms in total. The quantitative estimate of drug-likeness (QED) is 0.372. The topological polar surface area (TPSA) is 142 Å². The average molecular weight is 388 g/mol. The molecule has 5 rings (SSSR count). The Morgan fingerprint density at radius 3 is 2.55 bits per heavy atom. The van der Waals surface area contributed by atoms with E-state index in [-0.39, 0.29) is 17.0 Å². The van der Waals surface area contributed by atoms with Crippen molar-refractivity contribution < 1.29 is 9.50 Å². The third-order valence-corrected chi connectivity index (χ3v) is 4.62. The highest BCUT2D eigenvalue weighted by Gasteiger charge is 2.19. The van der Waals surface area contributed by atoms with Crippen LogP contribution in [0.4, 0.5) is 10.1 Å². The van der Waals surface area contributed by atoms with Gasteiger partial charge >= 0.3 is 0 Å². The molecular weight excluding hydrogens is 375 g/mol. The van der Waals surface area contributed by atoms with Crippen molar-refractivity contribution in [3.05, 3.63) is 54.5 Å². The molecule has 0 aliphatic rings. The van der Waals surface area contributed by atoms with E-state index in [0.717, 1.165) is 17.2 Å². The van der Waals surface area contributed by atoms with Gasteiger partial charge in [-0.2, -0.15) is 10.3 Å². The molecule has 29 heavy (non-hydrogen) atoms. The minimum atomic E-state index is -0.624. The molecule has 0 unspecified atom stereocenters. The smallest absolute Gasteiger partial charge is 0.204 e. The van der Waals surface area contributed by atoms with Gasteiger partial charge in [-0.1, -0.05) is 24.3 Å². The highest BCUT2D eigenvalue weighted by atomic mass is 19.1. The largest absolute Gasteiger partial charge is 0.508 e. The Bertz CT molecular complexity index is 1330. The molecule has 0 amide bonds. The Kier molecular flexibility index (Phi) is 3.69. The molecule has 0 fully saturated rings. The maximum absolute atomic E-state index is 14.5. The van der Waals surface area contributed by atoms with Gasteiger partial charge in [0.05, 0.1) is 17.6 Å². The SMILES string of the molecule is Nc1c(-c2ccc(O)cc2F)nc2[nH]ncc2c1-c1ccc(-c2nn[nH]n2)cc1. The van der Waals surface area contributed by atoms with Crippen LogP contribution in [0.3, 0.4) is 0 Å². The fourth-order valence-corrected chi connectivity index (χ4v) is 3.27. The van der Waals surface area contributed by atoms with E-state index < -0.39 is 5.82 Å². The summed E-state index contributed by atoms with van der Waals surface area (Å²) in [5.41, 5.74) is 9.90. The summed E-state index contributed by atoms with van der Waals surface area (Å²) in [5.74, 6) is -0.328. The van der Waals surface area contributed by atoms with E-state index in [4.69, 9.17) is 5.73 Å². The number of phenols is 1. The maximum atomic E-state index is 14.5. The van der Waals surface area contributed by atoms with Crippen molar-refractivity contribution in [2.45, 2.75) is 0 Å². The molecular formula is C19H13FN8O. The third-order valence-electron chi connectivity index (χ3n) is 4.62. The molecule has 2 aromatic carbocycles. The Morgan fingerprint density at radius 2 is 1.83 bits per heavy atom. The molecule has 0 aliphatic heterocycles. The number of hydrogen-bond donors (Lipinski definition) is 4. The van der Waals surface area contributed by atoms with Gasteiger partial charge in [0.1, 0.15) is 11.6 Å². The number of aromatic hydroxyl groups is 1. The van der Waals surface area contributed by atoms with Crippen molar-refractivity contribution in [1.82, 2.24) is 35.8 Å². The number of halogens is 1. The lowest BCUT2D eigenvalue weighted by Gasteiger charge is -2.13. The molecule has 3 heterocycles. The summed E-state index contributed by atoms with van der Waals surface area (Å²) in [6, 6.07) is 11.2. The van der Waals surface area contributed by atoms with Crippen LogP contribution in [-0.2, 0) is 0 Å². The van der Waals surface area contributed by atoms with Crippen LogP contribution in [0.25, 0.3) is 44.8 Å². The number of hydrogen-bond acceptors (Lipinski definition) is 7. The number of H-pyrrole nitrogens is 2. The van der Waals surface area contributed by atoms with Crippen LogP contribution in [0.2, 0.25) is 0 Å². The number of nitrogens with two attached hydrogens (primary N) is 1. The number of nitrogens with one attached hydrogen (secondary N) is 2. The Morgan fingerprint density at radius 1 is 1.03 bits per heavy atom. The second-order valence-corrected chi connectivity index (χ2v) is 6.36. The van der Waals surface area contributed by atoms with E-state index >= 15 is 0 Å². The number of anilines is 1. The lowest BCUT2D eigenvalue weighted by atomic mass is 9.97. The summed E-state index contributed by atoms with van der Waals surface area (Å²) < 4.78 is 14.5. The van der Waals surface area contributed by atoms with Crippen molar-refractivity contribution in [1.29, 1.82) is 0 Å². The second kappa shape index (κ2) is 6.37. The Labute approximate surface area is 162 Å². The van der Waals surface area contributed by atoms with Gasteiger partial charge in [-0.25, -0.2) is 9.37 Å². The Hall–Kier alpha value is -4.34. The lowest BCUT2D eigenvalue weighted by Crippen LogP contribution is -2.00. The first kappa shape index (κ1) is 16.8. The van der Waals surface area contributed by atoms with Crippen molar-refractivity contribution in [3.8, 4) is 39.5 Å². The molecule has 0 atom stereocenters. The average Bonchev–Trinajstić information content (AvgIpc) is 3.40. The normalized spacial score (nSPS) is 11.2. The second-order valence-electron chi connectivity index (χ2n) is 6.36. The van der Waals surface area contributed by atoms with Crippen LogP contribution in [0.5, 0.6) is 5.75 Å². The summed E-state index contributed by atoms with van der Waals surface area (Å²) in [5, 5.41) is 31.0. The molecule has 0 bridgehead atoms. The van der Waals surface area contributed by atoms with Crippen molar-refractivity contribution in [2.24, 2.45) is 0 Å². The van der Waals surface area contributed by atoms with Crippen LogP contribution >= 0.6 is 0 Å². The number of benzene rings is 2. The molecule has 0 aliphatic carbocycles. The van der Waals surface area contributed by atoms with E-state index in [2.05, 4.69) is 35.8 Å². The highest BCUT2D eigenvalue weighted by Crippen LogP contribution is 2.39. The number of fused-ring (bicyclic) bond motifs is 1. The lowest BCUT2D eigenvalue weighted by molar-refractivity contribution is 0.469. The molecule has 0 spiro atoms. The standard InChI is InChI=1S/C19H13FN8O/c20-14-7-11(29)5-6-12(14)17-16(21)15(13-8-22-24-19(13)23-17)9-1-3-10(4-2-9)18-25-27-28-26-18/h1-8,29H,21H2,(H,22,23,24)(H,25,26,27,28). The van der Waals surface area contributed by atoms with Gasteiger partial charge in [-0.3, -0.25) is 5.10 Å². The van der Waals surface area contributed by atoms with Crippen molar-refractivity contribution >= 4 is 16.7 Å². The minimum Gasteiger partial charge on any atom is -0.508 e. The van der Waals surface area contributed by atoms with E-state index in [0.29, 0.717) is 28.1 Å². The van der Waals surface area contributed by atoms with Crippen LogP contribution in [0, 0.1) is 5.82 Å². The van der Waals surface area contributed by atoms with Gasteiger partial charge < -0.3 is 10.8 Å². The number of nitrogen functional groups attached to an aromatic ring is 1.